The molecule has 19 heavy (non-hydrogen) atoms. The number of carboxylic acids is 1. The first kappa shape index (κ1) is 13.1. The topological polar surface area (TPSA) is 69.2 Å². The van der Waals surface area contributed by atoms with Crippen LogP contribution in [0.2, 0.25) is 5.02 Å². The average molecular weight is 275 g/mol. The maximum Gasteiger partial charge on any atom is 0.255 e. The number of halogens is 1. The number of hydrogen-bond donors (Lipinski definition) is 1. The van der Waals surface area contributed by atoms with Crippen molar-refractivity contribution in [1.29, 1.82) is 0 Å². The van der Waals surface area contributed by atoms with Crippen LogP contribution in [-0.2, 0) is 0 Å². The lowest BCUT2D eigenvalue weighted by Gasteiger charge is -2.11. The number of carboxylic acid groups (broad SMARTS) is 1. The van der Waals surface area contributed by atoms with Gasteiger partial charge in [0, 0.05) is 16.1 Å². The van der Waals surface area contributed by atoms with Crippen LogP contribution in [0, 0.1) is 0 Å². The molecule has 2 rings (SSSR count). The lowest BCUT2D eigenvalue weighted by molar-refractivity contribution is -0.254. The van der Waals surface area contributed by atoms with Gasteiger partial charge in [0.2, 0.25) is 0 Å². The normalized spacial score (nSPS) is 9.95. The molecular weight excluding hydrogens is 266 g/mol. The van der Waals surface area contributed by atoms with Crippen molar-refractivity contribution in [3.8, 4) is 0 Å². The summed E-state index contributed by atoms with van der Waals surface area (Å²) in [5.74, 6) is -1.75. The van der Waals surface area contributed by atoms with Gasteiger partial charge in [-0.25, -0.2) is 0 Å². The van der Waals surface area contributed by atoms with Crippen molar-refractivity contribution in [2.45, 2.75) is 0 Å². The number of rotatable bonds is 3. The van der Waals surface area contributed by atoms with Gasteiger partial charge in [-0.1, -0.05) is 29.8 Å². The molecule has 0 bridgehead atoms. The summed E-state index contributed by atoms with van der Waals surface area (Å²) in [5, 5.41) is 13.9. The van der Waals surface area contributed by atoms with Gasteiger partial charge in [0.15, 0.2) is 0 Å². The molecule has 0 saturated carbocycles. The fourth-order valence-corrected chi connectivity index (χ4v) is 1.69. The van der Waals surface area contributed by atoms with E-state index in [0.717, 1.165) is 0 Å². The van der Waals surface area contributed by atoms with Gasteiger partial charge in [0.05, 0.1) is 11.7 Å². The first-order valence-corrected chi connectivity index (χ1v) is 5.83. The number of benzene rings is 2. The van der Waals surface area contributed by atoms with Crippen LogP contribution in [0.1, 0.15) is 20.7 Å². The summed E-state index contributed by atoms with van der Waals surface area (Å²) in [6, 6.07) is 12.3. The van der Waals surface area contributed by atoms with E-state index in [4.69, 9.17) is 11.6 Å². The van der Waals surface area contributed by atoms with Crippen LogP contribution in [0.5, 0.6) is 0 Å². The third-order valence-corrected chi connectivity index (χ3v) is 2.75. The second-order valence-corrected chi connectivity index (χ2v) is 4.23. The fourth-order valence-electron chi connectivity index (χ4n) is 1.57. The van der Waals surface area contributed by atoms with Crippen molar-refractivity contribution in [3.05, 3.63) is 64.7 Å². The Morgan fingerprint density at radius 1 is 1.00 bits per heavy atom. The molecule has 4 nitrogen and oxygen atoms in total. The van der Waals surface area contributed by atoms with Gasteiger partial charge in [-0.15, -0.1) is 0 Å². The van der Waals surface area contributed by atoms with E-state index in [1.54, 1.807) is 36.4 Å². The van der Waals surface area contributed by atoms with E-state index in [1.807, 2.05) is 0 Å². The van der Waals surface area contributed by atoms with Gasteiger partial charge in [0.1, 0.15) is 0 Å². The van der Waals surface area contributed by atoms with Crippen molar-refractivity contribution in [3.63, 3.8) is 0 Å². The highest BCUT2D eigenvalue weighted by molar-refractivity contribution is 6.30. The number of carbonyl (C=O) groups excluding carboxylic acids is 2. The molecule has 96 valence electrons. The largest absolute Gasteiger partial charge is 0.545 e. The summed E-state index contributed by atoms with van der Waals surface area (Å²) in [7, 11) is 0. The van der Waals surface area contributed by atoms with E-state index in [0.29, 0.717) is 10.6 Å². The Morgan fingerprint density at radius 2 is 1.63 bits per heavy atom. The summed E-state index contributed by atoms with van der Waals surface area (Å²) < 4.78 is 0. The minimum absolute atomic E-state index is 0.0650. The predicted octanol–water partition coefficient (Wildman–Crippen LogP) is 1.96. The van der Waals surface area contributed by atoms with Gasteiger partial charge in [-0.3, -0.25) is 4.79 Å². The zero-order chi connectivity index (χ0) is 13.8. The number of hydrogen-bond acceptors (Lipinski definition) is 3. The first-order valence-electron chi connectivity index (χ1n) is 5.45. The Bertz CT molecular complexity index is 623. The van der Waals surface area contributed by atoms with Crippen molar-refractivity contribution in [2.24, 2.45) is 0 Å². The molecule has 0 aliphatic rings. The van der Waals surface area contributed by atoms with E-state index in [1.165, 1.54) is 12.1 Å². The Hall–Kier alpha value is -2.33. The highest BCUT2D eigenvalue weighted by Crippen LogP contribution is 2.16. The fraction of sp³-hybridized carbons (Fsp3) is 0. The lowest BCUT2D eigenvalue weighted by Crippen LogP contribution is -2.24. The zero-order valence-corrected chi connectivity index (χ0v) is 10.5. The molecule has 0 aromatic heterocycles. The molecule has 0 heterocycles. The smallest absolute Gasteiger partial charge is 0.255 e. The summed E-state index contributed by atoms with van der Waals surface area (Å²) in [5.41, 5.74) is 0.518. The number of para-hydroxylation sites is 1. The SMILES string of the molecule is O=C(Nc1ccccc1C(=O)[O-])c1ccc(Cl)cc1. The second-order valence-electron chi connectivity index (χ2n) is 3.79. The maximum absolute atomic E-state index is 11.9. The van der Waals surface area contributed by atoms with Crippen LogP contribution in [0.4, 0.5) is 5.69 Å². The van der Waals surface area contributed by atoms with Crippen LogP contribution in [0.25, 0.3) is 0 Å². The summed E-state index contributed by atoms with van der Waals surface area (Å²) in [6.45, 7) is 0. The third-order valence-electron chi connectivity index (χ3n) is 2.50. The third kappa shape index (κ3) is 3.11. The van der Waals surface area contributed by atoms with Crippen LogP contribution in [0.3, 0.4) is 0 Å². The minimum Gasteiger partial charge on any atom is -0.545 e. The molecule has 2 aromatic rings. The monoisotopic (exact) mass is 274 g/mol. The van der Waals surface area contributed by atoms with Crippen LogP contribution in [0.15, 0.2) is 48.5 Å². The molecule has 2 aromatic carbocycles. The van der Waals surface area contributed by atoms with E-state index in [2.05, 4.69) is 5.32 Å². The molecule has 0 aliphatic heterocycles. The minimum atomic E-state index is -1.34. The summed E-state index contributed by atoms with van der Waals surface area (Å²) >= 11 is 5.73. The van der Waals surface area contributed by atoms with Crippen molar-refractivity contribution < 1.29 is 14.7 Å². The Kier molecular flexibility index (Phi) is 3.82. The van der Waals surface area contributed by atoms with Gasteiger partial charge >= 0.3 is 0 Å². The molecule has 0 spiro atoms. The number of amides is 1. The molecule has 0 unspecified atom stereocenters. The van der Waals surface area contributed by atoms with Crippen LogP contribution < -0.4 is 10.4 Å². The summed E-state index contributed by atoms with van der Waals surface area (Å²) in [4.78, 5) is 22.8. The quantitative estimate of drug-likeness (QED) is 0.930. The predicted molar refractivity (Wildman–Crippen MR) is 70.2 cm³/mol. The molecule has 0 radical (unpaired) electrons. The van der Waals surface area contributed by atoms with Crippen molar-refractivity contribution >= 4 is 29.2 Å². The second kappa shape index (κ2) is 5.54. The molecule has 0 aliphatic carbocycles. The molecule has 1 N–H and O–H groups in total. The molecule has 0 fully saturated rings. The first-order chi connectivity index (χ1) is 9.08. The molecule has 0 saturated heterocycles. The van der Waals surface area contributed by atoms with Crippen LogP contribution >= 0.6 is 11.6 Å². The number of anilines is 1. The van der Waals surface area contributed by atoms with E-state index >= 15 is 0 Å². The standard InChI is InChI=1S/C14H10ClNO3/c15-10-7-5-9(6-8-10)13(17)16-12-4-2-1-3-11(12)14(18)19/h1-8H,(H,16,17)(H,18,19)/p-1. The van der Waals surface area contributed by atoms with Gasteiger partial charge in [0.25, 0.3) is 5.91 Å². The lowest BCUT2D eigenvalue weighted by atomic mass is 10.1. The summed E-state index contributed by atoms with van der Waals surface area (Å²) in [6.07, 6.45) is 0. The Morgan fingerprint density at radius 3 is 2.26 bits per heavy atom. The molecule has 0 atom stereocenters. The average Bonchev–Trinajstić information content (AvgIpc) is 2.39. The van der Waals surface area contributed by atoms with Gasteiger partial charge in [-0.05, 0) is 30.3 Å². The molecular formula is C14H9ClNO3-. The van der Waals surface area contributed by atoms with Crippen molar-refractivity contribution in [1.82, 2.24) is 0 Å². The molecule has 1 amide bonds. The highest BCUT2D eigenvalue weighted by Gasteiger charge is 2.09. The highest BCUT2D eigenvalue weighted by atomic mass is 35.5. The zero-order valence-electron chi connectivity index (χ0n) is 9.72. The van der Waals surface area contributed by atoms with Crippen molar-refractivity contribution in [2.75, 3.05) is 5.32 Å². The van der Waals surface area contributed by atoms with E-state index < -0.39 is 11.9 Å². The van der Waals surface area contributed by atoms with E-state index in [-0.39, 0.29) is 11.3 Å². The van der Waals surface area contributed by atoms with Crippen LogP contribution in [-0.4, -0.2) is 11.9 Å². The van der Waals surface area contributed by atoms with Gasteiger partial charge < -0.3 is 15.2 Å². The van der Waals surface area contributed by atoms with Gasteiger partial charge in [-0.2, -0.15) is 0 Å². The number of aromatic carboxylic acids is 1. The van der Waals surface area contributed by atoms with E-state index in [9.17, 15) is 14.7 Å². The number of nitrogens with one attached hydrogen (secondary N) is 1. The number of carbonyl (C=O) groups is 2. The Balaban J connectivity index is 2.24. The Labute approximate surface area is 114 Å². The maximum atomic E-state index is 11.9. The molecule has 5 heteroatoms.